The van der Waals surface area contributed by atoms with Crippen molar-refractivity contribution >= 4 is 0 Å². The van der Waals surface area contributed by atoms with E-state index < -0.39 is 0 Å². The van der Waals surface area contributed by atoms with Crippen LogP contribution in [0.25, 0.3) is 11.5 Å². The second kappa shape index (κ2) is 8.80. The molecule has 5 rings (SSSR count). The van der Waals surface area contributed by atoms with Crippen molar-refractivity contribution in [1.82, 2.24) is 25.1 Å². The summed E-state index contributed by atoms with van der Waals surface area (Å²) in [5.41, 5.74) is 3.64. The van der Waals surface area contributed by atoms with E-state index in [4.69, 9.17) is 18.7 Å². The predicted octanol–water partition coefficient (Wildman–Crippen LogP) is 3.40. The summed E-state index contributed by atoms with van der Waals surface area (Å²) in [6.45, 7) is 0.932. The fourth-order valence-electron chi connectivity index (χ4n) is 3.74. The summed E-state index contributed by atoms with van der Waals surface area (Å²) in [7, 11) is 3.31. The SMILES string of the molecule is COc1ccc([C@H]2Cn3nnc(-c4noc(CCc5cccc(OC)c5)n4)c3CO2)cc1. The van der Waals surface area contributed by atoms with E-state index in [-0.39, 0.29) is 6.10 Å². The third-order valence-corrected chi connectivity index (χ3v) is 5.53. The van der Waals surface area contributed by atoms with Crippen LogP contribution in [0.1, 0.15) is 28.8 Å². The molecular weight excluding hydrogens is 410 g/mol. The molecule has 32 heavy (non-hydrogen) atoms. The lowest BCUT2D eigenvalue weighted by molar-refractivity contribution is -0.00114. The van der Waals surface area contributed by atoms with Crippen LogP contribution in [0.3, 0.4) is 0 Å². The number of ether oxygens (including phenoxy) is 3. The number of benzene rings is 2. The van der Waals surface area contributed by atoms with Crippen LogP contribution in [0.15, 0.2) is 53.1 Å². The van der Waals surface area contributed by atoms with Crippen LogP contribution in [-0.4, -0.2) is 39.4 Å². The van der Waals surface area contributed by atoms with Gasteiger partial charge in [-0.25, -0.2) is 4.68 Å². The van der Waals surface area contributed by atoms with Gasteiger partial charge in [0, 0.05) is 6.42 Å². The Morgan fingerprint density at radius 3 is 2.69 bits per heavy atom. The Labute approximate surface area is 184 Å². The maximum absolute atomic E-state index is 6.08. The minimum Gasteiger partial charge on any atom is -0.497 e. The van der Waals surface area contributed by atoms with Gasteiger partial charge in [-0.1, -0.05) is 34.6 Å². The van der Waals surface area contributed by atoms with Crippen molar-refractivity contribution in [3.05, 3.63) is 71.2 Å². The fraction of sp³-hybridized carbons (Fsp3) is 0.304. The Morgan fingerprint density at radius 2 is 1.88 bits per heavy atom. The molecule has 0 fully saturated rings. The zero-order valence-electron chi connectivity index (χ0n) is 17.9. The number of methoxy groups -OCH3 is 2. The molecule has 0 spiro atoms. The minimum atomic E-state index is -0.105. The van der Waals surface area contributed by atoms with E-state index in [0.717, 1.165) is 34.7 Å². The third-order valence-electron chi connectivity index (χ3n) is 5.53. The van der Waals surface area contributed by atoms with Crippen molar-refractivity contribution < 1.29 is 18.7 Å². The van der Waals surface area contributed by atoms with Gasteiger partial charge >= 0.3 is 0 Å². The molecule has 2 aromatic heterocycles. The molecular formula is C23H23N5O4. The molecule has 164 valence electrons. The lowest BCUT2D eigenvalue weighted by atomic mass is 10.1. The van der Waals surface area contributed by atoms with Gasteiger partial charge in [0.1, 0.15) is 17.6 Å². The summed E-state index contributed by atoms with van der Waals surface area (Å²) in [5, 5.41) is 12.7. The molecule has 0 radical (unpaired) electrons. The van der Waals surface area contributed by atoms with Crippen LogP contribution < -0.4 is 9.47 Å². The number of hydrogen-bond donors (Lipinski definition) is 0. The number of fused-ring (bicyclic) bond motifs is 1. The van der Waals surface area contributed by atoms with Crippen LogP contribution in [0.5, 0.6) is 11.5 Å². The second-order valence-corrected chi connectivity index (χ2v) is 7.50. The van der Waals surface area contributed by atoms with E-state index in [1.54, 1.807) is 14.2 Å². The summed E-state index contributed by atoms with van der Waals surface area (Å²) < 4.78 is 23.9. The molecule has 4 aromatic rings. The van der Waals surface area contributed by atoms with Gasteiger partial charge in [0.2, 0.25) is 11.7 Å². The quantitative estimate of drug-likeness (QED) is 0.437. The monoisotopic (exact) mass is 433 g/mol. The maximum atomic E-state index is 6.08. The first-order valence-corrected chi connectivity index (χ1v) is 10.4. The van der Waals surface area contributed by atoms with Crippen molar-refractivity contribution in [3.63, 3.8) is 0 Å². The van der Waals surface area contributed by atoms with Crippen molar-refractivity contribution in [1.29, 1.82) is 0 Å². The topological polar surface area (TPSA) is 97.3 Å². The van der Waals surface area contributed by atoms with Crippen molar-refractivity contribution in [2.75, 3.05) is 14.2 Å². The van der Waals surface area contributed by atoms with Gasteiger partial charge in [0.25, 0.3) is 0 Å². The molecule has 0 amide bonds. The molecule has 9 heteroatoms. The maximum Gasteiger partial charge on any atom is 0.227 e. The van der Waals surface area contributed by atoms with E-state index in [1.807, 2.05) is 53.2 Å². The fourth-order valence-corrected chi connectivity index (χ4v) is 3.74. The molecule has 2 aromatic carbocycles. The highest BCUT2D eigenvalue weighted by molar-refractivity contribution is 5.51. The lowest BCUT2D eigenvalue weighted by Gasteiger charge is -2.24. The molecule has 9 nitrogen and oxygen atoms in total. The zero-order valence-corrected chi connectivity index (χ0v) is 17.9. The molecule has 1 aliphatic rings. The standard InChI is InChI=1S/C23H23N5O4/c1-29-17-9-7-16(8-10-17)20-13-28-19(14-31-20)22(25-27-28)23-24-21(32-26-23)11-6-15-4-3-5-18(12-15)30-2/h3-5,7-10,12,20H,6,11,13-14H2,1-2H3/t20-/m1/s1. The van der Waals surface area contributed by atoms with Gasteiger partial charge in [0.05, 0.1) is 33.1 Å². The first-order chi connectivity index (χ1) is 15.7. The lowest BCUT2D eigenvalue weighted by Crippen LogP contribution is -2.22. The van der Waals surface area contributed by atoms with Crippen LogP contribution in [0, 0.1) is 0 Å². The van der Waals surface area contributed by atoms with Gasteiger partial charge in [-0.2, -0.15) is 4.98 Å². The Kier molecular flexibility index (Phi) is 5.55. The van der Waals surface area contributed by atoms with Gasteiger partial charge in [-0.3, -0.25) is 0 Å². The number of aromatic nitrogens is 5. The largest absolute Gasteiger partial charge is 0.497 e. The molecule has 1 atom stereocenters. The molecule has 0 aliphatic carbocycles. The third kappa shape index (κ3) is 4.06. The number of aryl methyl sites for hydroxylation is 2. The van der Waals surface area contributed by atoms with E-state index >= 15 is 0 Å². The molecule has 0 bridgehead atoms. The molecule has 1 aliphatic heterocycles. The Morgan fingerprint density at radius 1 is 1.03 bits per heavy atom. The van der Waals surface area contributed by atoms with Crippen LogP contribution >= 0.6 is 0 Å². The Bertz CT molecular complexity index is 1200. The minimum absolute atomic E-state index is 0.105. The van der Waals surface area contributed by atoms with E-state index in [9.17, 15) is 0 Å². The number of rotatable bonds is 7. The summed E-state index contributed by atoms with van der Waals surface area (Å²) in [6.07, 6.45) is 1.29. The Hall–Kier alpha value is -3.72. The van der Waals surface area contributed by atoms with Gasteiger partial charge < -0.3 is 18.7 Å². The summed E-state index contributed by atoms with van der Waals surface area (Å²) in [5.74, 6) is 2.63. The molecule has 0 unspecified atom stereocenters. The zero-order chi connectivity index (χ0) is 21.9. The summed E-state index contributed by atoms with van der Waals surface area (Å²) >= 11 is 0. The van der Waals surface area contributed by atoms with E-state index in [0.29, 0.717) is 37.0 Å². The van der Waals surface area contributed by atoms with Crippen LogP contribution in [0.2, 0.25) is 0 Å². The average molecular weight is 433 g/mol. The van der Waals surface area contributed by atoms with Gasteiger partial charge in [-0.15, -0.1) is 5.10 Å². The number of hydrogen-bond acceptors (Lipinski definition) is 8. The average Bonchev–Trinajstić information content (AvgIpc) is 3.49. The normalized spacial score (nSPS) is 15.4. The van der Waals surface area contributed by atoms with Gasteiger partial charge in [0.15, 0.2) is 5.69 Å². The first kappa shape index (κ1) is 20.2. The highest BCUT2D eigenvalue weighted by Gasteiger charge is 2.27. The summed E-state index contributed by atoms with van der Waals surface area (Å²) in [4.78, 5) is 4.52. The highest BCUT2D eigenvalue weighted by atomic mass is 16.5. The van der Waals surface area contributed by atoms with E-state index in [2.05, 4.69) is 20.5 Å². The smallest absolute Gasteiger partial charge is 0.227 e. The molecule has 0 N–H and O–H groups in total. The summed E-state index contributed by atoms with van der Waals surface area (Å²) in [6, 6.07) is 15.8. The van der Waals surface area contributed by atoms with E-state index in [1.165, 1.54) is 0 Å². The van der Waals surface area contributed by atoms with Crippen LogP contribution in [0.4, 0.5) is 0 Å². The van der Waals surface area contributed by atoms with Crippen molar-refractivity contribution in [2.24, 2.45) is 0 Å². The van der Waals surface area contributed by atoms with Crippen molar-refractivity contribution in [3.8, 4) is 23.0 Å². The highest BCUT2D eigenvalue weighted by Crippen LogP contribution is 2.30. The predicted molar refractivity (Wildman–Crippen MR) is 114 cm³/mol. The first-order valence-electron chi connectivity index (χ1n) is 10.4. The van der Waals surface area contributed by atoms with Crippen LogP contribution in [-0.2, 0) is 30.7 Å². The molecule has 0 saturated carbocycles. The second-order valence-electron chi connectivity index (χ2n) is 7.50. The Balaban J connectivity index is 1.27. The molecule has 3 heterocycles. The van der Waals surface area contributed by atoms with Gasteiger partial charge in [-0.05, 0) is 41.8 Å². The molecule has 0 saturated heterocycles. The van der Waals surface area contributed by atoms with Crippen molar-refractivity contribution in [2.45, 2.75) is 32.1 Å². The number of nitrogens with zero attached hydrogens (tertiary/aromatic N) is 5.